The Morgan fingerprint density at radius 1 is 1.21 bits per heavy atom. The number of pyridine rings is 1. The largest absolute Gasteiger partial charge is 0.504 e. The third-order valence-electron chi connectivity index (χ3n) is 2.62. The molecule has 0 bridgehead atoms. The molecule has 0 saturated carbocycles. The van der Waals surface area contributed by atoms with Crippen molar-refractivity contribution >= 4 is 5.69 Å². The van der Waals surface area contributed by atoms with Crippen molar-refractivity contribution in [2.75, 3.05) is 11.9 Å². The molecular formula is C14H16N2O3. The van der Waals surface area contributed by atoms with Crippen LogP contribution in [0.25, 0.3) is 0 Å². The number of aromatic hydroxyl groups is 2. The molecule has 0 spiro atoms. The molecule has 0 aliphatic heterocycles. The highest BCUT2D eigenvalue weighted by Crippen LogP contribution is 2.29. The standard InChI is InChI=1S/C14H16N2O3/c1-2-19-14-11(6-4-8-15-14)16-9-10-5-3-7-12(17)13(10)18/h3-8,16-18H,2,9H2,1H3. The summed E-state index contributed by atoms with van der Waals surface area (Å²) in [6.07, 6.45) is 1.65. The molecule has 0 radical (unpaired) electrons. The zero-order valence-corrected chi connectivity index (χ0v) is 10.6. The quantitative estimate of drug-likeness (QED) is 0.720. The van der Waals surface area contributed by atoms with Gasteiger partial charge in [0.15, 0.2) is 11.5 Å². The lowest BCUT2D eigenvalue weighted by Gasteiger charge is -2.12. The van der Waals surface area contributed by atoms with Gasteiger partial charge in [0.05, 0.1) is 12.3 Å². The van der Waals surface area contributed by atoms with Crippen LogP contribution in [0.5, 0.6) is 17.4 Å². The molecule has 2 rings (SSSR count). The van der Waals surface area contributed by atoms with E-state index in [9.17, 15) is 10.2 Å². The summed E-state index contributed by atoms with van der Waals surface area (Å²) in [7, 11) is 0. The maximum atomic E-state index is 9.71. The number of anilines is 1. The van der Waals surface area contributed by atoms with Gasteiger partial charge in [-0.05, 0) is 25.1 Å². The number of phenolic OH excluding ortho intramolecular Hbond substituents is 2. The van der Waals surface area contributed by atoms with Crippen LogP contribution < -0.4 is 10.1 Å². The van der Waals surface area contributed by atoms with Crippen molar-refractivity contribution in [2.24, 2.45) is 0 Å². The lowest BCUT2D eigenvalue weighted by atomic mass is 10.2. The highest BCUT2D eigenvalue weighted by atomic mass is 16.5. The average Bonchev–Trinajstić information content (AvgIpc) is 2.42. The molecule has 5 heteroatoms. The first-order valence-electron chi connectivity index (χ1n) is 6.04. The van der Waals surface area contributed by atoms with Crippen LogP contribution in [0.15, 0.2) is 36.5 Å². The molecule has 0 amide bonds. The number of nitrogens with one attached hydrogen (secondary N) is 1. The van der Waals surface area contributed by atoms with Crippen molar-refractivity contribution in [3.8, 4) is 17.4 Å². The first kappa shape index (κ1) is 13.0. The number of phenols is 2. The maximum absolute atomic E-state index is 9.71. The lowest BCUT2D eigenvalue weighted by molar-refractivity contribution is 0.328. The minimum Gasteiger partial charge on any atom is -0.504 e. The van der Waals surface area contributed by atoms with Gasteiger partial charge in [0, 0.05) is 18.3 Å². The van der Waals surface area contributed by atoms with Crippen LogP contribution in [0.2, 0.25) is 0 Å². The number of hydrogen-bond donors (Lipinski definition) is 3. The molecule has 3 N–H and O–H groups in total. The normalized spacial score (nSPS) is 10.2. The fourth-order valence-electron chi connectivity index (χ4n) is 1.69. The van der Waals surface area contributed by atoms with Crippen molar-refractivity contribution in [1.29, 1.82) is 0 Å². The summed E-state index contributed by atoms with van der Waals surface area (Å²) < 4.78 is 5.39. The van der Waals surface area contributed by atoms with Crippen molar-refractivity contribution in [2.45, 2.75) is 13.5 Å². The van der Waals surface area contributed by atoms with E-state index in [2.05, 4.69) is 10.3 Å². The number of rotatable bonds is 5. The Hall–Kier alpha value is -2.43. The van der Waals surface area contributed by atoms with Crippen molar-refractivity contribution in [1.82, 2.24) is 4.98 Å². The molecule has 1 aromatic heterocycles. The van der Waals surface area contributed by atoms with Gasteiger partial charge in [0.2, 0.25) is 5.88 Å². The molecule has 2 aromatic rings. The fraction of sp³-hybridized carbons (Fsp3) is 0.214. The number of ether oxygens (including phenoxy) is 1. The van der Waals surface area contributed by atoms with Crippen LogP contribution in [0.3, 0.4) is 0 Å². The summed E-state index contributed by atoms with van der Waals surface area (Å²) in [5.74, 6) is 0.275. The van der Waals surface area contributed by atoms with Crippen LogP contribution in [0.1, 0.15) is 12.5 Å². The van der Waals surface area contributed by atoms with Crippen LogP contribution in [-0.4, -0.2) is 21.8 Å². The SMILES string of the molecule is CCOc1ncccc1NCc1cccc(O)c1O. The zero-order valence-electron chi connectivity index (χ0n) is 10.6. The summed E-state index contributed by atoms with van der Waals surface area (Å²) in [4.78, 5) is 4.12. The Morgan fingerprint density at radius 3 is 2.84 bits per heavy atom. The minimum atomic E-state index is -0.129. The second-order valence-electron chi connectivity index (χ2n) is 3.93. The lowest BCUT2D eigenvalue weighted by Crippen LogP contribution is -2.04. The van der Waals surface area contributed by atoms with E-state index < -0.39 is 0 Å². The molecule has 0 atom stereocenters. The molecule has 100 valence electrons. The van der Waals surface area contributed by atoms with Crippen LogP contribution in [0.4, 0.5) is 5.69 Å². The third-order valence-corrected chi connectivity index (χ3v) is 2.62. The molecule has 0 fully saturated rings. The van der Waals surface area contributed by atoms with E-state index in [-0.39, 0.29) is 11.5 Å². The maximum Gasteiger partial charge on any atom is 0.237 e. The van der Waals surface area contributed by atoms with Crippen LogP contribution in [0, 0.1) is 0 Å². The second-order valence-corrected chi connectivity index (χ2v) is 3.93. The highest BCUT2D eigenvalue weighted by molar-refractivity contribution is 5.54. The minimum absolute atomic E-state index is 0.114. The second kappa shape index (κ2) is 5.95. The molecule has 0 aliphatic rings. The number of aromatic nitrogens is 1. The van der Waals surface area contributed by atoms with E-state index in [1.165, 1.54) is 6.07 Å². The summed E-state index contributed by atoms with van der Waals surface area (Å²) in [6, 6.07) is 8.50. The predicted octanol–water partition coefficient (Wildman–Crippen LogP) is 2.50. The van der Waals surface area contributed by atoms with E-state index in [1.54, 1.807) is 24.4 Å². The monoisotopic (exact) mass is 260 g/mol. The average molecular weight is 260 g/mol. The summed E-state index contributed by atoms with van der Waals surface area (Å²) in [5.41, 5.74) is 1.35. The van der Waals surface area contributed by atoms with Gasteiger partial charge in [-0.3, -0.25) is 0 Å². The molecule has 0 saturated heterocycles. The van der Waals surface area contributed by atoms with E-state index in [1.807, 2.05) is 13.0 Å². The molecule has 0 unspecified atom stereocenters. The van der Waals surface area contributed by atoms with Gasteiger partial charge in [0.1, 0.15) is 0 Å². The first-order chi connectivity index (χ1) is 9.22. The molecular weight excluding hydrogens is 244 g/mol. The van der Waals surface area contributed by atoms with E-state index >= 15 is 0 Å². The van der Waals surface area contributed by atoms with Gasteiger partial charge in [0.25, 0.3) is 0 Å². The van der Waals surface area contributed by atoms with Crippen molar-refractivity contribution < 1.29 is 14.9 Å². The fourth-order valence-corrected chi connectivity index (χ4v) is 1.69. The molecule has 1 heterocycles. The first-order valence-corrected chi connectivity index (χ1v) is 6.04. The van der Waals surface area contributed by atoms with Crippen molar-refractivity contribution in [3.63, 3.8) is 0 Å². The zero-order chi connectivity index (χ0) is 13.7. The number of nitrogens with zero attached hydrogens (tertiary/aromatic N) is 1. The van der Waals surface area contributed by atoms with Crippen LogP contribution >= 0.6 is 0 Å². The summed E-state index contributed by atoms with van der Waals surface area (Å²) in [6.45, 7) is 2.79. The Kier molecular flexibility index (Phi) is 4.07. The molecule has 5 nitrogen and oxygen atoms in total. The molecule has 19 heavy (non-hydrogen) atoms. The van der Waals surface area contributed by atoms with E-state index in [0.717, 1.165) is 5.69 Å². The van der Waals surface area contributed by atoms with E-state index in [4.69, 9.17) is 4.74 Å². The number of benzene rings is 1. The van der Waals surface area contributed by atoms with Crippen LogP contribution in [-0.2, 0) is 6.54 Å². The van der Waals surface area contributed by atoms with Gasteiger partial charge in [-0.1, -0.05) is 12.1 Å². The van der Waals surface area contributed by atoms with Gasteiger partial charge >= 0.3 is 0 Å². The smallest absolute Gasteiger partial charge is 0.237 e. The Bertz CT molecular complexity index is 558. The van der Waals surface area contributed by atoms with Gasteiger partial charge in [-0.25, -0.2) is 4.98 Å². The predicted molar refractivity (Wildman–Crippen MR) is 72.5 cm³/mol. The van der Waals surface area contributed by atoms with E-state index in [0.29, 0.717) is 24.6 Å². The topological polar surface area (TPSA) is 74.6 Å². The Labute approximate surface area is 111 Å². The number of para-hydroxylation sites is 1. The Balaban J connectivity index is 2.12. The number of hydrogen-bond acceptors (Lipinski definition) is 5. The molecule has 0 aliphatic carbocycles. The Morgan fingerprint density at radius 2 is 2.05 bits per heavy atom. The summed E-state index contributed by atoms with van der Waals surface area (Å²) in [5, 5.41) is 22.3. The van der Waals surface area contributed by atoms with Gasteiger partial charge in [-0.15, -0.1) is 0 Å². The summed E-state index contributed by atoms with van der Waals surface area (Å²) >= 11 is 0. The third kappa shape index (κ3) is 3.07. The van der Waals surface area contributed by atoms with Gasteiger partial charge < -0.3 is 20.3 Å². The van der Waals surface area contributed by atoms with Crippen molar-refractivity contribution in [3.05, 3.63) is 42.1 Å². The van der Waals surface area contributed by atoms with Gasteiger partial charge in [-0.2, -0.15) is 0 Å². The molecule has 1 aromatic carbocycles. The highest BCUT2D eigenvalue weighted by Gasteiger charge is 2.07.